The van der Waals surface area contributed by atoms with Gasteiger partial charge in [0.15, 0.2) is 0 Å². The summed E-state index contributed by atoms with van der Waals surface area (Å²) in [6.45, 7) is 11.3. The van der Waals surface area contributed by atoms with E-state index in [2.05, 4.69) is 41.3 Å². The highest BCUT2D eigenvalue weighted by molar-refractivity contribution is 6.30. The number of aryl methyl sites for hydroxylation is 1. The first-order valence-electron chi connectivity index (χ1n) is 8.34. The van der Waals surface area contributed by atoms with Crippen LogP contribution in [0.15, 0.2) is 18.5 Å². The Morgan fingerprint density at radius 3 is 2.71 bits per heavy atom. The molecular weight excluding hydrogens is 326 g/mol. The summed E-state index contributed by atoms with van der Waals surface area (Å²) < 4.78 is 1.88. The third-order valence-electron chi connectivity index (χ3n) is 4.18. The molecule has 0 aliphatic rings. The van der Waals surface area contributed by atoms with Crippen molar-refractivity contribution in [1.29, 1.82) is 0 Å². The molecule has 0 aromatic carbocycles. The Labute approximate surface area is 148 Å². The van der Waals surface area contributed by atoms with Gasteiger partial charge >= 0.3 is 6.03 Å². The molecule has 2 rings (SSSR count). The summed E-state index contributed by atoms with van der Waals surface area (Å²) in [6.07, 6.45) is 3.69. The van der Waals surface area contributed by atoms with Gasteiger partial charge in [-0.1, -0.05) is 25.4 Å². The first-order chi connectivity index (χ1) is 11.4. The van der Waals surface area contributed by atoms with E-state index in [9.17, 15) is 4.79 Å². The first kappa shape index (κ1) is 18.5. The van der Waals surface area contributed by atoms with Gasteiger partial charge in [-0.05, 0) is 38.6 Å². The van der Waals surface area contributed by atoms with E-state index in [1.165, 1.54) is 0 Å². The van der Waals surface area contributed by atoms with Gasteiger partial charge in [0.05, 0.1) is 17.3 Å². The molecule has 7 heteroatoms. The first-order valence-corrected chi connectivity index (χ1v) is 8.71. The van der Waals surface area contributed by atoms with E-state index >= 15 is 0 Å². The van der Waals surface area contributed by atoms with E-state index in [1.807, 2.05) is 29.8 Å². The topological polar surface area (TPSA) is 61.7 Å². The van der Waals surface area contributed by atoms with Gasteiger partial charge in [0.1, 0.15) is 5.65 Å². The van der Waals surface area contributed by atoms with Crippen LogP contribution in [-0.4, -0.2) is 46.0 Å². The fraction of sp³-hybridized carbons (Fsp3) is 0.529. The molecule has 2 heterocycles. The van der Waals surface area contributed by atoms with E-state index in [-0.39, 0.29) is 6.03 Å². The third kappa shape index (κ3) is 4.61. The number of aromatic nitrogens is 2. The standard InChI is InChI=1S/C17H26ClN5O/c1-5-22(6-2)13(4)8-19-17(24)20-9-15-11-23-10-14(18)7-12(3)16(23)21-15/h7,10-11,13H,5-6,8-9H2,1-4H3,(H2,19,20,24)/t13-/m1/s1. The van der Waals surface area contributed by atoms with Crippen molar-refractivity contribution in [2.75, 3.05) is 19.6 Å². The molecule has 24 heavy (non-hydrogen) atoms. The summed E-state index contributed by atoms with van der Waals surface area (Å²) in [7, 11) is 0. The molecule has 2 aromatic rings. The van der Waals surface area contributed by atoms with Gasteiger partial charge in [-0.25, -0.2) is 9.78 Å². The zero-order valence-electron chi connectivity index (χ0n) is 14.8. The molecule has 0 unspecified atom stereocenters. The van der Waals surface area contributed by atoms with Crippen molar-refractivity contribution in [1.82, 2.24) is 24.9 Å². The number of rotatable bonds is 7. The molecule has 1 atom stereocenters. The number of halogens is 1. The second-order valence-electron chi connectivity index (χ2n) is 5.94. The van der Waals surface area contributed by atoms with Crippen LogP contribution in [-0.2, 0) is 6.54 Å². The average molecular weight is 352 g/mol. The fourth-order valence-corrected chi connectivity index (χ4v) is 3.08. The van der Waals surface area contributed by atoms with Crippen molar-refractivity contribution in [2.45, 2.75) is 40.3 Å². The normalized spacial score (nSPS) is 12.6. The van der Waals surface area contributed by atoms with Gasteiger partial charge in [0.2, 0.25) is 0 Å². The number of urea groups is 1. The summed E-state index contributed by atoms with van der Waals surface area (Å²) in [6, 6.07) is 2.01. The van der Waals surface area contributed by atoms with Crippen LogP contribution in [0.4, 0.5) is 4.79 Å². The van der Waals surface area contributed by atoms with E-state index in [0.717, 1.165) is 30.0 Å². The van der Waals surface area contributed by atoms with Crippen LogP contribution in [0.3, 0.4) is 0 Å². The Morgan fingerprint density at radius 2 is 2.04 bits per heavy atom. The van der Waals surface area contributed by atoms with Gasteiger partial charge in [-0.3, -0.25) is 4.90 Å². The number of likely N-dealkylation sites (N-methyl/N-ethyl adjacent to an activating group) is 1. The lowest BCUT2D eigenvalue weighted by Crippen LogP contribution is -2.45. The molecule has 0 fully saturated rings. The van der Waals surface area contributed by atoms with E-state index in [1.54, 1.807) is 0 Å². The summed E-state index contributed by atoms with van der Waals surface area (Å²) in [5.41, 5.74) is 2.66. The second kappa shape index (κ2) is 8.35. The molecule has 2 N–H and O–H groups in total. The smallest absolute Gasteiger partial charge is 0.315 e. The molecule has 2 aromatic heterocycles. The fourth-order valence-electron chi connectivity index (χ4n) is 2.81. The highest BCUT2D eigenvalue weighted by Crippen LogP contribution is 2.16. The van der Waals surface area contributed by atoms with Crippen LogP contribution < -0.4 is 10.6 Å². The van der Waals surface area contributed by atoms with Crippen LogP contribution in [0.2, 0.25) is 5.02 Å². The van der Waals surface area contributed by atoms with Crippen molar-refractivity contribution in [2.24, 2.45) is 0 Å². The Bertz CT molecular complexity index is 696. The Balaban J connectivity index is 1.87. The average Bonchev–Trinajstić information content (AvgIpc) is 2.95. The number of nitrogens with zero attached hydrogens (tertiary/aromatic N) is 3. The summed E-state index contributed by atoms with van der Waals surface area (Å²) in [4.78, 5) is 18.8. The van der Waals surface area contributed by atoms with E-state index in [0.29, 0.717) is 24.2 Å². The van der Waals surface area contributed by atoms with Gasteiger partial charge in [-0.2, -0.15) is 0 Å². The molecule has 0 saturated carbocycles. The molecule has 0 bridgehead atoms. The number of hydrogen-bond acceptors (Lipinski definition) is 3. The van der Waals surface area contributed by atoms with Crippen molar-refractivity contribution >= 4 is 23.3 Å². The van der Waals surface area contributed by atoms with Crippen LogP contribution in [0.5, 0.6) is 0 Å². The maximum Gasteiger partial charge on any atom is 0.315 e. The van der Waals surface area contributed by atoms with Crippen molar-refractivity contribution < 1.29 is 4.79 Å². The molecule has 0 aliphatic heterocycles. The SMILES string of the molecule is CCN(CC)[C@H](C)CNC(=O)NCc1cn2cc(Cl)cc(C)c2n1. The maximum absolute atomic E-state index is 12.0. The molecule has 2 amide bonds. The molecule has 6 nitrogen and oxygen atoms in total. The number of imidazole rings is 1. The minimum absolute atomic E-state index is 0.180. The Hall–Kier alpha value is -1.79. The van der Waals surface area contributed by atoms with Crippen LogP contribution in [0, 0.1) is 6.92 Å². The molecule has 0 spiro atoms. The Morgan fingerprint density at radius 1 is 1.33 bits per heavy atom. The maximum atomic E-state index is 12.0. The summed E-state index contributed by atoms with van der Waals surface area (Å²) in [5, 5.41) is 6.42. The number of carbonyl (C=O) groups excluding carboxylic acids is 1. The number of fused-ring (bicyclic) bond motifs is 1. The Kier molecular flexibility index (Phi) is 6.45. The second-order valence-corrected chi connectivity index (χ2v) is 6.37. The number of amides is 2. The van der Waals surface area contributed by atoms with Crippen molar-refractivity contribution in [3.8, 4) is 0 Å². The zero-order chi connectivity index (χ0) is 17.7. The summed E-state index contributed by atoms with van der Waals surface area (Å²) >= 11 is 6.05. The van der Waals surface area contributed by atoms with Crippen molar-refractivity contribution in [3.63, 3.8) is 0 Å². The minimum Gasteiger partial charge on any atom is -0.337 e. The lowest BCUT2D eigenvalue weighted by atomic mass is 10.3. The van der Waals surface area contributed by atoms with E-state index in [4.69, 9.17) is 11.6 Å². The molecule has 0 radical (unpaired) electrons. The number of carbonyl (C=O) groups is 1. The number of hydrogen-bond donors (Lipinski definition) is 2. The predicted molar refractivity (Wildman–Crippen MR) is 97.6 cm³/mol. The zero-order valence-corrected chi connectivity index (χ0v) is 15.5. The highest BCUT2D eigenvalue weighted by atomic mass is 35.5. The lowest BCUT2D eigenvalue weighted by molar-refractivity contribution is 0.214. The lowest BCUT2D eigenvalue weighted by Gasteiger charge is -2.26. The largest absolute Gasteiger partial charge is 0.337 e. The minimum atomic E-state index is -0.180. The van der Waals surface area contributed by atoms with Gasteiger partial charge in [0.25, 0.3) is 0 Å². The summed E-state index contributed by atoms with van der Waals surface area (Å²) in [5.74, 6) is 0. The quantitative estimate of drug-likeness (QED) is 0.806. The predicted octanol–water partition coefficient (Wildman–Crippen LogP) is 2.83. The van der Waals surface area contributed by atoms with Crippen molar-refractivity contribution in [3.05, 3.63) is 34.7 Å². The van der Waals surface area contributed by atoms with Crippen LogP contribution in [0.1, 0.15) is 32.0 Å². The molecule has 0 aliphatic carbocycles. The molecule has 0 saturated heterocycles. The third-order valence-corrected chi connectivity index (χ3v) is 4.38. The molecular formula is C17H26ClN5O. The highest BCUT2D eigenvalue weighted by Gasteiger charge is 2.11. The van der Waals surface area contributed by atoms with E-state index < -0.39 is 0 Å². The van der Waals surface area contributed by atoms with Gasteiger partial charge < -0.3 is 15.0 Å². The van der Waals surface area contributed by atoms with Crippen LogP contribution in [0.25, 0.3) is 5.65 Å². The molecule has 132 valence electrons. The number of nitrogens with one attached hydrogen (secondary N) is 2. The van der Waals surface area contributed by atoms with Gasteiger partial charge in [-0.15, -0.1) is 0 Å². The number of pyridine rings is 1. The van der Waals surface area contributed by atoms with Crippen LogP contribution >= 0.6 is 11.6 Å². The van der Waals surface area contributed by atoms with Gasteiger partial charge in [0, 0.05) is 25.0 Å². The monoisotopic (exact) mass is 351 g/mol.